The Bertz CT molecular complexity index is 554. The minimum Gasteiger partial charge on any atom is -0.481 e. The highest BCUT2D eigenvalue weighted by Crippen LogP contribution is 2.14. The Hall–Kier alpha value is -2.12. The summed E-state index contributed by atoms with van der Waals surface area (Å²) in [6, 6.07) is 0. The van der Waals surface area contributed by atoms with E-state index in [4.69, 9.17) is 30.0 Å². The van der Waals surface area contributed by atoms with Crippen molar-refractivity contribution in [2.24, 2.45) is 0 Å². The highest BCUT2D eigenvalue weighted by Gasteiger charge is 2.04. The molecule has 0 aliphatic rings. The topological polar surface area (TPSA) is 149 Å². The Morgan fingerprint density at radius 3 is 0.619 bits per heavy atom. The van der Waals surface area contributed by atoms with Crippen LogP contribution >= 0.6 is 0 Å². The molecule has 0 saturated heterocycles. The predicted octanol–water partition coefficient (Wildman–Crippen LogP) is 10.3. The van der Waals surface area contributed by atoms with Crippen LogP contribution in [0.25, 0.3) is 0 Å². The van der Waals surface area contributed by atoms with Gasteiger partial charge in [0.1, 0.15) is 0 Å². The maximum absolute atomic E-state index is 10.3. The summed E-state index contributed by atoms with van der Waals surface area (Å²) < 4.78 is 0. The molecule has 0 heterocycles. The Balaban J connectivity index is -0.000000607. The van der Waals surface area contributed by atoms with Crippen LogP contribution in [0.3, 0.4) is 0 Å². The van der Waals surface area contributed by atoms with Crippen LogP contribution in [0.5, 0.6) is 0 Å². The lowest BCUT2D eigenvalue weighted by atomic mass is 10.0. The molecule has 0 atom stereocenters. The van der Waals surface area contributed by atoms with Crippen LogP contribution in [0.15, 0.2) is 0 Å². The van der Waals surface area contributed by atoms with Gasteiger partial charge in [0, 0.05) is 12.8 Å². The number of aliphatic carboxylic acids is 4. The number of carboxylic acid groups (broad SMARTS) is 4. The summed E-state index contributed by atoms with van der Waals surface area (Å²) in [4.78, 5) is 38.8. The van der Waals surface area contributed by atoms with Crippen LogP contribution in [0.4, 0.5) is 0 Å². The summed E-state index contributed by atoms with van der Waals surface area (Å²) in [5.74, 6) is -4.96. The molecular formula is C34H66O8. The van der Waals surface area contributed by atoms with Gasteiger partial charge in [0.2, 0.25) is 0 Å². The van der Waals surface area contributed by atoms with Crippen LogP contribution in [-0.4, -0.2) is 44.3 Å². The van der Waals surface area contributed by atoms with Gasteiger partial charge in [-0.1, -0.05) is 168 Å². The average molecular weight is 603 g/mol. The fourth-order valence-corrected chi connectivity index (χ4v) is 4.59. The van der Waals surface area contributed by atoms with Gasteiger partial charge in [0.05, 0.1) is 0 Å². The van der Waals surface area contributed by atoms with E-state index < -0.39 is 23.9 Å². The van der Waals surface area contributed by atoms with Crippen molar-refractivity contribution in [2.45, 2.75) is 194 Å². The van der Waals surface area contributed by atoms with Gasteiger partial charge < -0.3 is 20.4 Å². The number of hydrogen-bond donors (Lipinski definition) is 4. The molecule has 250 valence electrons. The second-order valence-corrected chi connectivity index (χ2v) is 11.4. The highest BCUT2D eigenvalue weighted by atomic mass is 16.4. The number of unbranched alkanes of at least 4 members (excludes halogenated alkanes) is 24. The zero-order valence-electron chi connectivity index (χ0n) is 27.2. The van der Waals surface area contributed by atoms with E-state index in [1.54, 1.807) is 0 Å². The molecule has 0 fully saturated rings. The molecule has 0 spiro atoms. The summed E-state index contributed by atoms with van der Waals surface area (Å²) in [6.07, 6.45) is 34.5. The van der Waals surface area contributed by atoms with Gasteiger partial charge in [-0.3, -0.25) is 9.59 Å². The van der Waals surface area contributed by atoms with Crippen LogP contribution in [0.2, 0.25) is 0 Å². The lowest BCUT2D eigenvalue weighted by molar-refractivity contribution is -0.159. The predicted molar refractivity (Wildman–Crippen MR) is 171 cm³/mol. The molecule has 0 bridgehead atoms. The van der Waals surface area contributed by atoms with Gasteiger partial charge in [0.25, 0.3) is 0 Å². The first kappa shape index (κ1) is 44.3. The van der Waals surface area contributed by atoms with E-state index in [1.165, 1.54) is 141 Å². The zero-order valence-corrected chi connectivity index (χ0v) is 27.2. The van der Waals surface area contributed by atoms with Crippen LogP contribution in [0, 0.1) is 0 Å². The van der Waals surface area contributed by atoms with Crippen molar-refractivity contribution in [3.8, 4) is 0 Å². The quantitative estimate of drug-likeness (QED) is 0.0510. The van der Waals surface area contributed by atoms with Crippen molar-refractivity contribution in [1.29, 1.82) is 0 Å². The first-order chi connectivity index (χ1) is 20.2. The van der Waals surface area contributed by atoms with E-state index in [0.29, 0.717) is 12.8 Å². The summed E-state index contributed by atoms with van der Waals surface area (Å²) in [5, 5.41) is 31.8. The maximum Gasteiger partial charge on any atom is 0.414 e. The second-order valence-electron chi connectivity index (χ2n) is 11.4. The monoisotopic (exact) mass is 602 g/mol. The Labute approximate surface area is 257 Å². The SMILES string of the molecule is CCCCCCCCCCCCCCCC(=O)O.CCCCCCCCCCCCCCCC(=O)O.O=C(O)C(=O)O. The van der Waals surface area contributed by atoms with E-state index >= 15 is 0 Å². The van der Waals surface area contributed by atoms with E-state index in [-0.39, 0.29) is 0 Å². The molecular weight excluding hydrogens is 536 g/mol. The van der Waals surface area contributed by atoms with Crippen LogP contribution in [-0.2, 0) is 19.2 Å². The van der Waals surface area contributed by atoms with Crippen molar-refractivity contribution in [3.05, 3.63) is 0 Å². The molecule has 0 aliphatic carbocycles. The van der Waals surface area contributed by atoms with Gasteiger partial charge in [0.15, 0.2) is 0 Å². The number of hydrogen-bond acceptors (Lipinski definition) is 4. The minimum atomic E-state index is -1.82. The first-order valence-electron chi connectivity index (χ1n) is 17.1. The van der Waals surface area contributed by atoms with Crippen LogP contribution in [0.1, 0.15) is 194 Å². The zero-order chi connectivity index (χ0) is 32.1. The molecule has 8 heteroatoms. The molecule has 0 amide bonds. The van der Waals surface area contributed by atoms with Crippen molar-refractivity contribution >= 4 is 23.9 Å². The molecule has 0 aromatic carbocycles. The van der Waals surface area contributed by atoms with Crippen molar-refractivity contribution in [1.82, 2.24) is 0 Å². The van der Waals surface area contributed by atoms with Gasteiger partial charge in [-0.05, 0) is 12.8 Å². The molecule has 0 aromatic rings. The molecule has 0 unspecified atom stereocenters. The molecule has 4 N–H and O–H groups in total. The van der Waals surface area contributed by atoms with Crippen molar-refractivity contribution < 1.29 is 39.6 Å². The summed E-state index contributed by atoms with van der Waals surface area (Å²) >= 11 is 0. The number of carbonyl (C=O) groups is 4. The second kappa shape index (κ2) is 38.9. The lowest BCUT2D eigenvalue weighted by Gasteiger charge is -2.02. The molecule has 0 rings (SSSR count). The van der Waals surface area contributed by atoms with Crippen LogP contribution < -0.4 is 0 Å². The average Bonchev–Trinajstić information content (AvgIpc) is 2.94. The highest BCUT2D eigenvalue weighted by molar-refractivity contribution is 6.27. The van der Waals surface area contributed by atoms with E-state index in [1.807, 2.05) is 0 Å². The molecule has 0 aromatic heterocycles. The molecule has 0 saturated carbocycles. The standard InChI is InChI=1S/2C16H32O2.C2H2O4/c2*1-2-3-4-5-6-7-8-9-10-11-12-13-14-15-16(17)18;3-1(4)2(5)6/h2*2-15H2,1H3,(H,17,18);(H,3,4)(H,5,6). The third-order valence-corrected chi connectivity index (χ3v) is 7.17. The van der Waals surface area contributed by atoms with Gasteiger partial charge in [-0.15, -0.1) is 0 Å². The lowest BCUT2D eigenvalue weighted by Crippen LogP contribution is -2.09. The van der Waals surface area contributed by atoms with Gasteiger partial charge in [-0.25, -0.2) is 9.59 Å². The van der Waals surface area contributed by atoms with E-state index in [0.717, 1.165) is 25.7 Å². The summed E-state index contributed by atoms with van der Waals surface area (Å²) in [7, 11) is 0. The maximum atomic E-state index is 10.3. The number of rotatable bonds is 28. The van der Waals surface area contributed by atoms with E-state index in [2.05, 4.69) is 13.8 Å². The smallest absolute Gasteiger partial charge is 0.414 e. The molecule has 42 heavy (non-hydrogen) atoms. The fourth-order valence-electron chi connectivity index (χ4n) is 4.59. The molecule has 8 nitrogen and oxygen atoms in total. The van der Waals surface area contributed by atoms with Crippen molar-refractivity contribution in [3.63, 3.8) is 0 Å². The third kappa shape index (κ3) is 50.7. The van der Waals surface area contributed by atoms with Gasteiger partial charge >= 0.3 is 23.9 Å². The Kier molecular flexibility index (Phi) is 41.0. The first-order valence-corrected chi connectivity index (χ1v) is 17.1. The van der Waals surface area contributed by atoms with Crippen molar-refractivity contribution in [2.75, 3.05) is 0 Å². The summed E-state index contributed by atoms with van der Waals surface area (Å²) in [5.41, 5.74) is 0. The Morgan fingerprint density at radius 1 is 0.310 bits per heavy atom. The fraction of sp³-hybridized carbons (Fsp3) is 0.882. The number of carboxylic acids is 4. The Morgan fingerprint density at radius 2 is 0.476 bits per heavy atom. The molecule has 0 radical (unpaired) electrons. The third-order valence-electron chi connectivity index (χ3n) is 7.17. The molecule has 0 aliphatic heterocycles. The van der Waals surface area contributed by atoms with Gasteiger partial charge in [-0.2, -0.15) is 0 Å². The normalized spacial score (nSPS) is 10.2. The minimum absolute atomic E-state index is 0.345. The summed E-state index contributed by atoms with van der Waals surface area (Å²) in [6.45, 7) is 4.52. The van der Waals surface area contributed by atoms with E-state index in [9.17, 15) is 9.59 Å². The largest absolute Gasteiger partial charge is 0.481 e.